The number of aliphatic hydroxyl groups excluding tert-OH is 1. The van der Waals surface area contributed by atoms with Crippen LogP contribution >= 0.6 is 0 Å². The summed E-state index contributed by atoms with van der Waals surface area (Å²) in [6, 6.07) is 21.1. The van der Waals surface area contributed by atoms with Crippen LogP contribution in [0, 0.1) is 0 Å². The molecule has 112 valence electrons. The van der Waals surface area contributed by atoms with Gasteiger partial charge in [-0.15, -0.1) is 0 Å². The van der Waals surface area contributed by atoms with Crippen molar-refractivity contribution in [3.8, 4) is 0 Å². The highest BCUT2D eigenvalue weighted by Crippen LogP contribution is 2.11. The van der Waals surface area contributed by atoms with Crippen LogP contribution in [0.25, 0.3) is 0 Å². The molecular weight excluding hydrogens is 258 g/mol. The number of nitrogens with zero attached hydrogens (tertiary/aromatic N) is 1. The highest BCUT2D eigenvalue weighted by molar-refractivity contribution is 5.17. The van der Waals surface area contributed by atoms with Gasteiger partial charge in [0.05, 0.1) is 6.10 Å². The second kappa shape index (κ2) is 8.60. The van der Waals surface area contributed by atoms with Gasteiger partial charge in [-0.1, -0.05) is 67.6 Å². The molecule has 2 aromatic rings. The van der Waals surface area contributed by atoms with Crippen LogP contribution in [-0.2, 0) is 13.1 Å². The Balaban J connectivity index is 1.99. The average Bonchev–Trinajstić information content (AvgIpc) is 2.54. The van der Waals surface area contributed by atoms with Gasteiger partial charge >= 0.3 is 0 Å². The van der Waals surface area contributed by atoms with Crippen molar-refractivity contribution in [2.24, 2.45) is 0 Å². The number of hydrogen-bond acceptors (Lipinski definition) is 2. The first-order valence-corrected chi connectivity index (χ1v) is 7.76. The second-order valence-corrected chi connectivity index (χ2v) is 5.53. The van der Waals surface area contributed by atoms with Crippen LogP contribution in [0.15, 0.2) is 60.7 Å². The van der Waals surface area contributed by atoms with E-state index < -0.39 is 0 Å². The van der Waals surface area contributed by atoms with E-state index in [0.29, 0.717) is 0 Å². The van der Waals surface area contributed by atoms with Gasteiger partial charge in [-0.3, -0.25) is 4.90 Å². The molecule has 1 N–H and O–H groups in total. The van der Waals surface area contributed by atoms with Gasteiger partial charge in [-0.05, 0) is 24.0 Å². The van der Waals surface area contributed by atoms with Crippen LogP contribution in [0.1, 0.15) is 30.9 Å². The first-order valence-electron chi connectivity index (χ1n) is 7.76. The molecule has 2 aromatic carbocycles. The third-order valence-corrected chi connectivity index (χ3v) is 3.75. The Bertz CT molecular complexity index is 456. The van der Waals surface area contributed by atoms with Gasteiger partial charge in [0.25, 0.3) is 0 Å². The Hall–Kier alpha value is -1.64. The molecule has 0 radical (unpaired) electrons. The van der Waals surface area contributed by atoms with Crippen LogP contribution in [0.3, 0.4) is 0 Å². The van der Waals surface area contributed by atoms with Crippen molar-refractivity contribution in [3.05, 3.63) is 71.8 Å². The van der Waals surface area contributed by atoms with E-state index in [9.17, 15) is 5.11 Å². The van der Waals surface area contributed by atoms with Crippen LogP contribution in [-0.4, -0.2) is 22.7 Å². The molecule has 2 rings (SSSR count). The molecule has 0 unspecified atom stereocenters. The maximum atomic E-state index is 9.81. The lowest BCUT2D eigenvalue weighted by molar-refractivity contribution is 0.132. The van der Waals surface area contributed by atoms with Crippen molar-refractivity contribution < 1.29 is 5.11 Å². The summed E-state index contributed by atoms with van der Waals surface area (Å²) in [7, 11) is 0. The van der Waals surface area contributed by atoms with Gasteiger partial charge in [0.1, 0.15) is 0 Å². The van der Waals surface area contributed by atoms with E-state index in [4.69, 9.17) is 0 Å². The highest BCUT2D eigenvalue weighted by atomic mass is 16.3. The smallest absolute Gasteiger partial charge is 0.0549 e. The van der Waals surface area contributed by atoms with Crippen molar-refractivity contribution in [1.82, 2.24) is 4.90 Å². The van der Waals surface area contributed by atoms with Gasteiger partial charge < -0.3 is 5.11 Å². The Kier molecular flexibility index (Phi) is 6.45. The molecule has 0 spiro atoms. The predicted octanol–water partition coefficient (Wildman–Crippen LogP) is 3.85. The zero-order valence-corrected chi connectivity index (χ0v) is 12.8. The molecule has 1 atom stereocenters. The van der Waals surface area contributed by atoms with E-state index in [1.807, 2.05) is 19.1 Å². The lowest BCUT2D eigenvalue weighted by Crippen LogP contribution is -2.26. The molecule has 0 aliphatic rings. The molecule has 21 heavy (non-hydrogen) atoms. The molecule has 2 heteroatoms. The molecule has 0 saturated carbocycles. The van der Waals surface area contributed by atoms with Crippen molar-refractivity contribution in [1.29, 1.82) is 0 Å². The number of aliphatic hydroxyl groups is 1. The molecule has 0 amide bonds. The molecule has 2 nitrogen and oxygen atoms in total. The maximum Gasteiger partial charge on any atom is 0.0549 e. The zero-order chi connectivity index (χ0) is 14.9. The summed E-state index contributed by atoms with van der Waals surface area (Å²) in [5.41, 5.74) is 2.64. The minimum Gasteiger partial charge on any atom is -0.393 e. The Morgan fingerprint density at radius 3 is 1.76 bits per heavy atom. The Labute approximate surface area is 128 Å². The minimum absolute atomic E-state index is 0.195. The van der Waals surface area contributed by atoms with Crippen molar-refractivity contribution in [2.45, 2.75) is 39.0 Å². The molecule has 0 aromatic heterocycles. The van der Waals surface area contributed by atoms with E-state index >= 15 is 0 Å². The SMILES string of the molecule is CC[C@@H](O)CCN(Cc1ccccc1)Cc1ccccc1. The minimum atomic E-state index is -0.195. The third kappa shape index (κ3) is 5.70. The lowest BCUT2D eigenvalue weighted by atomic mass is 10.1. The first kappa shape index (κ1) is 15.7. The van der Waals surface area contributed by atoms with E-state index in [1.54, 1.807) is 0 Å². The van der Waals surface area contributed by atoms with Crippen molar-refractivity contribution in [2.75, 3.05) is 6.54 Å². The van der Waals surface area contributed by atoms with E-state index in [-0.39, 0.29) is 6.10 Å². The van der Waals surface area contributed by atoms with E-state index in [0.717, 1.165) is 32.5 Å². The maximum absolute atomic E-state index is 9.81. The number of hydrogen-bond donors (Lipinski definition) is 1. The van der Waals surface area contributed by atoms with Gasteiger partial charge in [0.15, 0.2) is 0 Å². The topological polar surface area (TPSA) is 23.5 Å². The molecular formula is C19H25NO. The normalized spacial score (nSPS) is 12.5. The fourth-order valence-electron chi connectivity index (χ4n) is 2.43. The summed E-state index contributed by atoms with van der Waals surface area (Å²) in [5, 5.41) is 9.81. The first-order chi connectivity index (χ1) is 10.3. The summed E-state index contributed by atoms with van der Waals surface area (Å²) in [6.07, 6.45) is 1.46. The summed E-state index contributed by atoms with van der Waals surface area (Å²) < 4.78 is 0. The molecule has 0 saturated heterocycles. The average molecular weight is 283 g/mol. The fraction of sp³-hybridized carbons (Fsp3) is 0.368. The summed E-state index contributed by atoms with van der Waals surface area (Å²) in [5.74, 6) is 0. The third-order valence-electron chi connectivity index (χ3n) is 3.75. The number of benzene rings is 2. The summed E-state index contributed by atoms with van der Waals surface area (Å²) >= 11 is 0. The molecule has 0 aliphatic heterocycles. The molecule has 0 fully saturated rings. The summed E-state index contributed by atoms with van der Waals surface area (Å²) in [4.78, 5) is 2.41. The van der Waals surface area contributed by atoms with Gasteiger partial charge in [0, 0.05) is 19.6 Å². The highest BCUT2D eigenvalue weighted by Gasteiger charge is 2.09. The van der Waals surface area contributed by atoms with Gasteiger partial charge in [-0.2, -0.15) is 0 Å². The van der Waals surface area contributed by atoms with Crippen LogP contribution < -0.4 is 0 Å². The summed E-state index contributed by atoms with van der Waals surface area (Å²) in [6.45, 7) is 4.79. The van der Waals surface area contributed by atoms with Crippen molar-refractivity contribution in [3.63, 3.8) is 0 Å². The number of rotatable bonds is 8. The molecule has 0 bridgehead atoms. The predicted molar refractivity (Wildman–Crippen MR) is 87.9 cm³/mol. The van der Waals surface area contributed by atoms with Crippen LogP contribution in [0.2, 0.25) is 0 Å². The standard InChI is InChI=1S/C19H25NO/c1-2-19(21)13-14-20(15-17-9-5-3-6-10-17)16-18-11-7-4-8-12-18/h3-12,19,21H,2,13-16H2,1H3/t19-/m1/s1. The quantitative estimate of drug-likeness (QED) is 0.795. The Morgan fingerprint density at radius 1 is 0.857 bits per heavy atom. The van der Waals surface area contributed by atoms with E-state index in [2.05, 4.69) is 53.4 Å². The lowest BCUT2D eigenvalue weighted by Gasteiger charge is -2.23. The Morgan fingerprint density at radius 2 is 1.33 bits per heavy atom. The van der Waals surface area contributed by atoms with Crippen LogP contribution in [0.5, 0.6) is 0 Å². The van der Waals surface area contributed by atoms with Crippen LogP contribution in [0.4, 0.5) is 0 Å². The fourth-order valence-corrected chi connectivity index (χ4v) is 2.43. The van der Waals surface area contributed by atoms with E-state index in [1.165, 1.54) is 11.1 Å². The van der Waals surface area contributed by atoms with Gasteiger partial charge in [0.2, 0.25) is 0 Å². The second-order valence-electron chi connectivity index (χ2n) is 5.53. The zero-order valence-electron chi connectivity index (χ0n) is 12.8. The monoisotopic (exact) mass is 283 g/mol. The molecule has 0 heterocycles. The van der Waals surface area contributed by atoms with Gasteiger partial charge in [-0.25, -0.2) is 0 Å². The largest absolute Gasteiger partial charge is 0.393 e. The van der Waals surface area contributed by atoms with Crippen molar-refractivity contribution >= 4 is 0 Å². The molecule has 0 aliphatic carbocycles.